The van der Waals surface area contributed by atoms with Crippen molar-refractivity contribution < 1.29 is 23.1 Å². The van der Waals surface area contributed by atoms with Gasteiger partial charge in [0.2, 0.25) is 5.91 Å². The van der Waals surface area contributed by atoms with Crippen LogP contribution < -0.4 is 10.1 Å². The van der Waals surface area contributed by atoms with Crippen LogP contribution in [0.15, 0.2) is 71.3 Å². The lowest BCUT2D eigenvalue weighted by atomic mass is 10.0. The van der Waals surface area contributed by atoms with Crippen LogP contribution in [0.4, 0.5) is 4.39 Å². The van der Waals surface area contributed by atoms with E-state index in [0.717, 1.165) is 18.4 Å². The van der Waals surface area contributed by atoms with Gasteiger partial charge in [0.15, 0.2) is 5.76 Å². The number of rotatable bonds is 6. The van der Waals surface area contributed by atoms with Crippen molar-refractivity contribution in [3.05, 3.63) is 84.1 Å². The van der Waals surface area contributed by atoms with E-state index in [4.69, 9.17) is 9.15 Å². The van der Waals surface area contributed by atoms with E-state index in [1.165, 1.54) is 18.4 Å². The van der Waals surface area contributed by atoms with Gasteiger partial charge >= 0.3 is 0 Å². The number of nitrogens with zero attached hydrogens (tertiary/aromatic N) is 1. The molecule has 6 nitrogen and oxygen atoms in total. The third kappa shape index (κ3) is 5.12. The molecule has 1 fully saturated rings. The Hall–Kier alpha value is -3.61. The molecule has 4 rings (SSSR count). The third-order valence-corrected chi connectivity index (χ3v) is 5.24. The molecule has 160 valence electrons. The summed E-state index contributed by atoms with van der Waals surface area (Å²) < 4.78 is 23.9. The quantitative estimate of drug-likeness (QED) is 0.634. The number of nitrogens with one attached hydrogen (secondary N) is 1. The summed E-state index contributed by atoms with van der Waals surface area (Å²) in [6.07, 6.45) is 3.85. The van der Waals surface area contributed by atoms with Gasteiger partial charge in [-0.15, -0.1) is 0 Å². The summed E-state index contributed by atoms with van der Waals surface area (Å²) in [6.45, 7) is 0.877. The molecular formula is C24H23FN2O4. The predicted molar refractivity (Wildman–Crippen MR) is 112 cm³/mol. The molecule has 1 saturated heterocycles. The van der Waals surface area contributed by atoms with E-state index in [1.54, 1.807) is 41.3 Å². The van der Waals surface area contributed by atoms with Gasteiger partial charge in [-0.2, -0.15) is 0 Å². The summed E-state index contributed by atoms with van der Waals surface area (Å²) in [4.78, 5) is 27.1. The molecule has 1 atom stereocenters. The fourth-order valence-corrected chi connectivity index (χ4v) is 3.61. The van der Waals surface area contributed by atoms with Crippen LogP contribution in [0.2, 0.25) is 0 Å². The fourth-order valence-electron chi connectivity index (χ4n) is 3.61. The van der Waals surface area contributed by atoms with Crippen molar-refractivity contribution in [1.29, 1.82) is 0 Å². The zero-order chi connectivity index (χ0) is 21.6. The molecule has 7 heteroatoms. The predicted octanol–water partition coefficient (Wildman–Crippen LogP) is 4.52. The largest absolute Gasteiger partial charge is 0.459 e. The molecule has 0 spiro atoms. The normalized spacial score (nSPS) is 16.0. The highest BCUT2D eigenvalue weighted by Gasteiger charge is 2.33. The number of carbonyl (C=O) groups excluding carboxylic acids is 2. The van der Waals surface area contributed by atoms with Gasteiger partial charge < -0.3 is 19.4 Å². The first-order chi connectivity index (χ1) is 15.1. The number of hydrogen-bond acceptors (Lipinski definition) is 4. The average Bonchev–Trinajstić information content (AvgIpc) is 3.34. The highest BCUT2D eigenvalue weighted by atomic mass is 19.1. The molecule has 1 unspecified atom stereocenters. The summed E-state index contributed by atoms with van der Waals surface area (Å²) in [6, 6.07) is 15.8. The van der Waals surface area contributed by atoms with Crippen LogP contribution in [0.3, 0.4) is 0 Å². The van der Waals surface area contributed by atoms with Crippen LogP contribution in [0.5, 0.6) is 11.5 Å². The zero-order valence-electron chi connectivity index (χ0n) is 16.9. The molecule has 1 aliphatic rings. The minimum Gasteiger partial charge on any atom is -0.459 e. The summed E-state index contributed by atoms with van der Waals surface area (Å²) in [5.41, 5.74) is 0.902. The Labute approximate surface area is 179 Å². The maximum absolute atomic E-state index is 13.0. The molecule has 1 aromatic heterocycles. The van der Waals surface area contributed by atoms with E-state index >= 15 is 0 Å². The fraction of sp³-hybridized carbons (Fsp3) is 0.250. The lowest BCUT2D eigenvalue weighted by Crippen LogP contribution is -2.51. The lowest BCUT2D eigenvalue weighted by Gasteiger charge is -2.34. The first kappa shape index (κ1) is 20.7. The van der Waals surface area contributed by atoms with Crippen molar-refractivity contribution in [3.63, 3.8) is 0 Å². The van der Waals surface area contributed by atoms with Gasteiger partial charge in [0, 0.05) is 13.1 Å². The van der Waals surface area contributed by atoms with Crippen molar-refractivity contribution in [2.75, 3.05) is 6.54 Å². The van der Waals surface area contributed by atoms with Crippen LogP contribution in [0, 0.1) is 5.82 Å². The number of likely N-dealkylation sites (tertiary alicyclic amines) is 1. The minimum atomic E-state index is -0.507. The molecule has 0 bridgehead atoms. The molecule has 0 radical (unpaired) electrons. The van der Waals surface area contributed by atoms with Gasteiger partial charge in [0.1, 0.15) is 23.4 Å². The van der Waals surface area contributed by atoms with Crippen molar-refractivity contribution in [2.45, 2.75) is 31.8 Å². The number of halogens is 1. The number of carbonyl (C=O) groups is 2. The van der Waals surface area contributed by atoms with Gasteiger partial charge in [0.05, 0.1) is 6.26 Å². The monoisotopic (exact) mass is 422 g/mol. The van der Waals surface area contributed by atoms with Crippen molar-refractivity contribution in [2.24, 2.45) is 0 Å². The smallest absolute Gasteiger partial charge is 0.290 e. The van der Waals surface area contributed by atoms with Gasteiger partial charge in [0.25, 0.3) is 5.91 Å². The molecular weight excluding hydrogens is 399 g/mol. The second-order valence-corrected chi connectivity index (χ2v) is 7.41. The molecule has 1 aliphatic heterocycles. The summed E-state index contributed by atoms with van der Waals surface area (Å²) in [5, 5.41) is 2.93. The molecule has 1 N–H and O–H groups in total. The Bertz CT molecular complexity index is 1020. The first-order valence-corrected chi connectivity index (χ1v) is 10.2. The van der Waals surface area contributed by atoms with Crippen molar-refractivity contribution in [1.82, 2.24) is 10.2 Å². The molecule has 2 aromatic carbocycles. The highest BCUT2D eigenvalue weighted by molar-refractivity contribution is 5.95. The number of furan rings is 1. The van der Waals surface area contributed by atoms with Crippen LogP contribution in [-0.4, -0.2) is 29.3 Å². The number of benzene rings is 2. The Kier molecular flexibility index (Phi) is 6.31. The molecule has 0 aliphatic carbocycles. The third-order valence-electron chi connectivity index (χ3n) is 5.24. The topological polar surface area (TPSA) is 71.8 Å². The maximum atomic E-state index is 13.0. The lowest BCUT2D eigenvalue weighted by molar-refractivity contribution is -0.126. The summed E-state index contributed by atoms with van der Waals surface area (Å²) in [5.74, 6) is 0.654. The van der Waals surface area contributed by atoms with Crippen LogP contribution in [0.25, 0.3) is 0 Å². The van der Waals surface area contributed by atoms with E-state index in [1.807, 2.05) is 12.1 Å². The first-order valence-electron chi connectivity index (χ1n) is 10.2. The van der Waals surface area contributed by atoms with E-state index in [9.17, 15) is 14.0 Å². The summed E-state index contributed by atoms with van der Waals surface area (Å²) >= 11 is 0. The standard InChI is InChI=1S/C24H23FN2O4/c25-18-8-12-20(13-9-18)31-19-10-6-17(7-11-19)16-26-23(28)21-4-1-2-14-27(21)24(29)22-5-3-15-30-22/h3,5-13,15,21H,1-2,4,14,16H2,(H,26,28). The van der Waals surface area contributed by atoms with Crippen LogP contribution in [0.1, 0.15) is 35.4 Å². The second kappa shape index (κ2) is 9.47. The number of amides is 2. The minimum absolute atomic E-state index is 0.175. The van der Waals surface area contributed by atoms with Gasteiger partial charge in [-0.3, -0.25) is 9.59 Å². The second-order valence-electron chi connectivity index (χ2n) is 7.41. The highest BCUT2D eigenvalue weighted by Crippen LogP contribution is 2.23. The molecule has 31 heavy (non-hydrogen) atoms. The molecule has 2 amide bonds. The summed E-state index contributed by atoms with van der Waals surface area (Å²) in [7, 11) is 0. The van der Waals surface area contributed by atoms with Gasteiger partial charge in [-0.25, -0.2) is 4.39 Å². The zero-order valence-corrected chi connectivity index (χ0v) is 16.9. The Morgan fingerprint density at radius 3 is 2.42 bits per heavy atom. The van der Waals surface area contributed by atoms with Crippen LogP contribution in [-0.2, 0) is 11.3 Å². The van der Waals surface area contributed by atoms with E-state index < -0.39 is 6.04 Å². The number of hydrogen-bond donors (Lipinski definition) is 1. The molecule has 3 aromatic rings. The van der Waals surface area contributed by atoms with E-state index in [0.29, 0.717) is 31.0 Å². The number of ether oxygens (including phenoxy) is 1. The molecule has 0 saturated carbocycles. The number of piperidine rings is 1. The Morgan fingerprint density at radius 2 is 1.74 bits per heavy atom. The van der Waals surface area contributed by atoms with Gasteiger partial charge in [-0.1, -0.05) is 12.1 Å². The molecule has 2 heterocycles. The van der Waals surface area contributed by atoms with Crippen molar-refractivity contribution >= 4 is 11.8 Å². The average molecular weight is 422 g/mol. The Balaban J connectivity index is 1.34. The maximum Gasteiger partial charge on any atom is 0.290 e. The Morgan fingerprint density at radius 1 is 1.03 bits per heavy atom. The van der Waals surface area contributed by atoms with Crippen molar-refractivity contribution in [3.8, 4) is 11.5 Å². The van der Waals surface area contributed by atoms with E-state index in [2.05, 4.69) is 5.32 Å². The SMILES string of the molecule is O=C(NCc1ccc(Oc2ccc(F)cc2)cc1)C1CCCCN1C(=O)c1ccco1. The van der Waals surface area contributed by atoms with E-state index in [-0.39, 0.29) is 23.4 Å². The van der Waals surface area contributed by atoms with Gasteiger partial charge in [-0.05, 0) is 73.4 Å². The van der Waals surface area contributed by atoms with Crippen LogP contribution >= 0.6 is 0 Å².